The summed E-state index contributed by atoms with van der Waals surface area (Å²) in [7, 11) is 0. The molecule has 4 rings (SSSR count). The second-order valence-electron chi connectivity index (χ2n) is 9.99. The lowest BCUT2D eigenvalue weighted by Crippen LogP contribution is -2.51. The van der Waals surface area contributed by atoms with Crippen LogP contribution < -0.4 is 16.0 Å². The molecule has 0 radical (unpaired) electrons. The van der Waals surface area contributed by atoms with E-state index in [1.165, 1.54) is 11.3 Å². The molecule has 7 heteroatoms. The maximum atomic E-state index is 12.1. The molecule has 6 nitrogen and oxygen atoms in total. The molecular formula is C23H31N3O3S. The molecule has 1 saturated heterocycles. The lowest BCUT2D eigenvalue weighted by molar-refractivity contribution is 0.0695. The first kappa shape index (κ1) is 21.2. The minimum absolute atomic E-state index is 0.0381. The zero-order valence-corrected chi connectivity index (χ0v) is 18.8. The highest BCUT2D eigenvalue weighted by atomic mass is 32.1. The number of carboxylic acids is 1. The van der Waals surface area contributed by atoms with Gasteiger partial charge < -0.3 is 26.2 Å². The number of fused-ring (bicyclic) bond motifs is 1. The smallest absolute Gasteiger partial charge is 0.338 e. The zero-order chi connectivity index (χ0) is 21.7. The van der Waals surface area contributed by atoms with Crippen molar-refractivity contribution in [2.45, 2.75) is 58.2 Å². The Hall–Kier alpha value is -2.09. The van der Waals surface area contributed by atoms with Gasteiger partial charge in [-0.05, 0) is 41.4 Å². The fourth-order valence-electron chi connectivity index (χ4n) is 4.92. The Morgan fingerprint density at radius 1 is 1.20 bits per heavy atom. The van der Waals surface area contributed by atoms with Gasteiger partial charge in [-0.2, -0.15) is 0 Å². The van der Waals surface area contributed by atoms with Gasteiger partial charge >= 0.3 is 5.97 Å². The van der Waals surface area contributed by atoms with Crippen molar-refractivity contribution in [3.63, 3.8) is 0 Å². The van der Waals surface area contributed by atoms with Crippen LogP contribution in [-0.4, -0.2) is 35.3 Å². The lowest BCUT2D eigenvalue weighted by Gasteiger charge is -2.40. The van der Waals surface area contributed by atoms with Crippen molar-refractivity contribution < 1.29 is 15.0 Å². The van der Waals surface area contributed by atoms with Crippen LogP contribution in [0.2, 0.25) is 0 Å². The first-order valence-electron chi connectivity index (χ1n) is 10.5. The Labute approximate surface area is 181 Å². The third-order valence-corrected chi connectivity index (χ3v) is 7.59. The van der Waals surface area contributed by atoms with Crippen LogP contribution in [0.1, 0.15) is 66.7 Å². The van der Waals surface area contributed by atoms with E-state index >= 15 is 0 Å². The monoisotopic (exact) mass is 429 g/mol. The van der Waals surface area contributed by atoms with Crippen molar-refractivity contribution in [3.8, 4) is 0 Å². The van der Waals surface area contributed by atoms with Crippen LogP contribution in [0.15, 0.2) is 24.3 Å². The SMILES string of the molecule is CC1(C)Cc2c(sc(NC(O)c3ccc(NC4CNC4)cc3)c2C(=O)O)C(C)(C)C1. The molecule has 30 heavy (non-hydrogen) atoms. The van der Waals surface area contributed by atoms with E-state index in [0.717, 1.165) is 42.1 Å². The van der Waals surface area contributed by atoms with Gasteiger partial charge in [-0.1, -0.05) is 39.8 Å². The second kappa shape index (κ2) is 7.55. The number of benzene rings is 1. The summed E-state index contributed by atoms with van der Waals surface area (Å²) >= 11 is 1.47. The molecular weight excluding hydrogens is 398 g/mol. The number of rotatable bonds is 6. The summed E-state index contributed by atoms with van der Waals surface area (Å²) in [6.07, 6.45) is 0.760. The summed E-state index contributed by atoms with van der Waals surface area (Å²) in [6, 6.07) is 8.08. The van der Waals surface area contributed by atoms with Crippen molar-refractivity contribution in [1.82, 2.24) is 5.32 Å². The van der Waals surface area contributed by atoms with Gasteiger partial charge in [0.25, 0.3) is 0 Å². The molecule has 0 saturated carbocycles. The number of hydrogen-bond acceptors (Lipinski definition) is 6. The van der Waals surface area contributed by atoms with Gasteiger partial charge in [-0.3, -0.25) is 0 Å². The number of carbonyl (C=O) groups is 1. The van der Waals surface area contributed by atoms with Crippen LogP contribution in [0.4, 0.5) is 10.7 Å². The number of nitrogens with one attached hydrogen (secondary N) is 3. The Bertz CT molecular complexity index is 945. The molecule has 1 atom stereocenters. The number of aliphatic hydroxyl groups is 1. The Balaban J connectivity index is 1.58. The van der Waals surface area contributed by atoms with Gasteiger partial charge in [0.15, 0.2) is 6.23 Å². The van der Waals surface area contributed by atoms with Crippen molar-refractivity contribution in [1.29, 1.82) is 0 Å². The molecule has 1 aliphatic carbocycles. The summed E-state index contributed by atoms with van der Waals surface area (Å²) in [5.74, 6) is -0.940. The first-order valence-corrected chi connectivity index (χ1v) is 11.3. The Morgan fingerprint density at radius 3 is 2.43 bits per heavy atom. The highest BCUT2D eigenvalue weighted by Gasteiger charge is 2.42. The van der Waals surface area contributed by atoms with Gasteiger partial charge in [0.1, 0.15) is 5.00 Å². The summed E-state index contributed by atoms with van der Waals surface area (Å²) in [6.45, 7) is 10.7. The van der Waals surface area contributed by atoms with Crippen LogP contribution in [0.25, 0.3) is 0 Å². The number of carboxylic acid groups (broad SMARTS) is 1. The van der Waals surface area contributed by atoms with Gasteiger partial charge in [-0.15, -0.1) is 11.3 Å². The van der Waals surface area contributed by atoms with E-state index < -0.39 is 12.2 Å². The molecule has 1 fully saturated rings. The molecule has 2 aromatic rings. The Morgan fingerprint density at radius 2 is 1.87 bits per heavy atom. The average molecular weight is 430 g/mol. The normalized spacial score (nSPS) is 20.7. The largest absolute Gasteiger partial charge is 0.478 e. The predicted molar refractivity (Wildman–Crippen MR) is 122 cm³/mol. The lowest BCUT2D eigenvalue weighted by atomic mass is 9.65. The molecule has 1 aliphatic heterocycles. The number of thiophene rings is 1. The van der Waals surface area contributed by atoms with Crippen LogP contribution in [0.5, 0.6) is 0 Å². The fourth-order valence-corrected chi connectivity index (χ4v) is 6.25. The van der Waals surface area contributed by atoms with Crippen LogP contribution >= 0.6 is 11.3 Å². The van der Waals surface area contributed by atoms with E-state index in [4.69, 9.17) is 0 Å². The number of anilines is 2. The first-order chi connectivity index (χ1) is 14.1. The van der Waals surface area contributed by atoms with Gasteiger partial charge in [0, 0.05) is 29.2 Å². The van der Waals surface area contributed by atoms with Crippen LogP contribution in [-0.2, 0) is 11.8 Å². The van der Waals surface area contributed by atoms with E-state index in [9.17, 15) is 15.0 Å². The fraction of sp³-hybridized carbons (Fsp3) is 0.522. The molecule has 0 amide bonds. The third-order valence-electron chi connectivity index (χ3n) is 6.06. The van der Waals surface area contributed by atoms with E-state index in [1.54, 1.807) is 0 Å². The number of aromatic carboxylic acids is 1. The molecule has 162 valence electrons. The summed E-state index contributed by atoms with van der Waals surface area (Å²) in [5.41, 5.74) is 2.88. The topological polar surface area (TPSA) is 93.6 Å². The Kier molecular flexibility index (Phi) is 5.33. The van der Waals surface area contributed by atoms with Crippen molar-refractivity contribution >= 4 is 28.0 Å². The number of aliphatic hydroxyl groups excluding tert-OH is 1. The van der Waals surface area contributed by atoms with E-state index in [2.05, 4.69) is 43.6 Å². The molecule has 0 spiro atoms. The summed E-state index contributed by atoms with van der Waals surface area (Å²) in [5, 5.41) is 31.0. The van der Waals surface area contributed by atoms with E-state index in [1.807, 2.05) is 24.3 Å². The second-order valence-corrected chi connectivity index (χ2v) is 11.0. The molecule has 1 aromatic carbocycles. The molecule has 1 aromatic heterocycles. The minimum Gasteiger partial charge on any atom is -0.478 e. The molecule has 1 unspecified atom stereocenters. The highest BCUT2D eigenvalue weighted by Crippen LogP contribution is 2.52. The third kappa shape index (κ3) is 4.06. The van der Waals surface area contributed by atoms with E-state index in [-0.39, 0.29) is 10.8 Å². The number of hydrogen-bond donors (Lipinski definition) is 5. The quantitative estimate of drug-likeness (QED) is 0.442. The van der Waals surface area contributed by atoms with Crippen LogP contribution in [0.3, 0.4) is 0 Å². The molecule has 2 aliphatic rings. The minimum atomic E-state index is -0.973. The van der Waals surface area contributed by atoms with Gasteiger partial charge in [-0.25, -0.2) is 4.79 Å². The molecule has 5 N–H and O–H groups in total. The van der Waals surface area contributed by atoms with Crippen molar-refractivity contribution in [2.24, 2.45) is 5.41 Å². The van der Waals surface area contributed by atoms with E-state index in [0.29, 0.717) is 22.2 Å². The predicted octanol–water partition coefficient (Wildman–Crippen LogP) is 4.18. The zero-order valence-electron chi connectivity index (χ0n) is 18.0. The standard InChI is InChI=1S/C23H31N3O3S/c1-22(2)9-16-17(21(28)29)20(30-18(16)23(3,4)12-22)26-19(27)13-5-7-14(8-6-13)25-15-10-24-11-15/h5-8,15,19,24-27H,9-12H2,1-4H3,(H,28,29). The summed E-state index contributed by atoms with van der Waals surface area (Å²) < 4.78 is 0. The average Bonchev–Trinajstić information content (AvgIpc) is 2.95. The maximum absolute atomic E-state index is 12.1. The maximum Gasteiger partial charge on any atom is 0.338 e. The summed E-state index contributed by atoms with van der Waals surface area (Å²) in [4.78, 5) is 13.3. The highest BCUT2D eigenvalue weighted by molar-refractivity contribution is 7.17. The van der Waals surface area contributed by atoms with Gasteiger partial charge in [0.05, 0.1) is 11.6 Å². The van der Waals surface area contributed by atoms with Crippen molar-refractivity contribution in [3.05, 3.63) is 45.8 Å². The molecule has 0 bridgehead atoms. The molecule has 2 heterocycles. The van der Waals surface area contributed by atoms with Crippen LogP contribution in [0, 0.1) is 5.41 Å². The van der Waals surface area contributed by atoms with Gasteiger partial charge in [0.2, 0.25) is 0 Å². The van der Waals surface area contributed by atoms with Crippen molar-refractivity contribution in [2.75, 3.05) is 23.7 Å².